The molecular formula is C41H47ClF4N6O5. The second-order valence-corrected chi connectivity index (χ2v) is 14.9. The van der Waals surface area contributed by atoms with E-state index in [2.05, 4.69) is 20.2 Å². The smallest absolute Gasteiger partial charge is 0.490 e. The number of carboxylic acid groups (broad SMARTS) is 2. The summed E-state index contributed by atoms with van der Waals surface area (Å²) < 4.78 is 55.6. The van der Waals surface area contributed by atoms with E-state index in [9.17, 15) is 27.5 Å². The summed E-state index contributed by atoms with van der Waals surface area (Å²) in [5.74, 6) is -3.32. The number of aromatic nitrogens is 3. The van der Waals surface area contributed by atoms with Crippen LogP contribution in [0.25, 0.3) is 32.8 Å². The van der Waals surface area contributed by atoms with Crippen LogP contribution in [0.4, 0.5) is 17.6 Å². The molecule has 2 saturated heterocycles. The van der Waals surface area contributed by atoms with Crippen LogP contribution in [0.5, 0.6) is 5.75 Å². The number of piperidine rings is 1. The summed E-state index contributed by atoms with van der Waals surface area (Å²) in [6.07, 6.45) is -1.59. The first-order valence-electron chi connectivity index (χ1n) is 19.0. The van der Waals surface area contributed by atoms with Gasteiger partial charge in [-0.3, -0.25) is 14.5 Å². The van der Waals surface area contributed by atoms with E-state index in [1.807, 2.05) is 60.5 Å². The first-order chi connectivity index (χ1) is 27.1. The number of nitrogens with zero attached hydrogens (tertiary/aromatic N) is 5. The fraction of sp³-hybridized carbons (Fsp3) is 0.439. The first-order valence-corrected chi connectivity index (χ1v) is 19.4. The Morgan fingerprint density at radius 3 is 2.28 bits per heavy atom. The maximum Gasteiger partial charge on any atom is 0.490 e. The van der Waals surface area contributed by atoms with Gasteiger partial charge in [-0.1, -0.05) is 29.8 Å². The quantitative estimate of drug-likeness (QED) is 0.0930. The van der Waals surface area contributed by atoms with Crippen LogP contribution in [0, 0.1) is 19.7 Å². The number of halogens is 5. The maximum atomic E-state index is 13.8. The Morgan fingerprint density at radius 2 is 1.65 bits per heavy atom. The lowest BCUT2D eigenvalue weighted by molar-refractivity contribution is -0.192. The predicted octanol–water partition coefficient (Wildman–Crippen LogP) is 7.32. The number of alkyl halides is 3. The van der Waals surface area contributed by atoms with Crippen molar-refractivity contribution < 1.29 is 42.1 Å². The molecule has 0 radical (unpaired) electrons. The number of nitrogens with one attached hydrogen (secondary N) is 1. The molecule has 3 aromatic carbocycles. The van der Waals surface area contributed by atoms with Crippen LogP contribution in [0.1, 0.15) is 46.7 Å². The molecule has 0 atom stereocenters. The highest BCUT2D eigenvalue weighted by molar-refractivity contribution is 6.35. The number of fused-ring (bicyclic) bond motifs is 2. The summed E-state index contributed by atoms with van der Waals surface area (Å²) in [6.45, 7) is 11.8. The van der Waals surface area contributed by atoms with Gasteiger partial charge in [-0.05, 0) is 93.9 Å². The number of aliphatic carboxylic acids is 1. The highest BCUT2D eigenvalue weighted by atomic mass is 35.5. The third kappa shape index (κ3) is 9.38. The Balaban J connectivity index is 0.000000719. The first kappa shape index (κ1) is 41.9. The van der Waals surface area contributed by atoms with Crippen molar-refractivity contribution >= 4 is 45.2 Å². The molecule has 0 aliphatic carbocycles. The second kappa shape index (κ2) is 17.8. The molecule has 16 heteroatoms. The molecule has 0 amide bonds. The Morgan fingerprint density at radius 1 is 0.965 bits per heavy atom. The molecule has 2 aromatic heterocycles. The molecule has 0 spiro atoms. The largest absolute Gasteiger partial charge is 0.493 e. The molecule has 306 valence electrons. The molecule has 3 N–H and O–H groups in total. The SMILES string of the molecule is Cc1nn(C)c(C)c1-c1c(Cl)ccc2c(CCCOc3cccc4cc(F)ccc34)c(C(=O)O)n(CCN3CCN(C4CCNCC4)CC3)c12.O=C(O)C(F)(F)F. The van der Waals surface area contributed by atoms with E-state index in [4.69, 9.17) is 26.2 Å². The Bertz CT molecular complexity index is 2240. The fourth-order valence-corrected chi connectivity index (χ4v) is 8.38. The molecule has 0 bridgehead atoms. The van der Waals surface area contributed by atoms with Gasteiger partial charge in [0.2, 0.25) is 0 Å². The number of aryl methyl sites for hydroxylation is 3. The number of piperazine rings is 1. The van der Waals surface area contributed by atoms with Crippen molar-refractivity contribution in [2.45, 2.75) is 58.3 Å². The minimum absolute atomic E-state index is 0.289. The van der Waals surface area contributed by atoms with Crippen molar-refractivity contribution in [3.05, 3.63) is 82.0 Å². The van der Waals surface area contributed by atoms with E-state index in [0.29, 0.717) is 48.5 Å². The summed E-state index contributed by atoms with van der Waals surface area (Å²) in [5.41, 5.74) is 5.52. The third-order valence-electron chi connectivity index (χ3n) is 11.0. The summed E-state index contributed by atoms with van der Waals surface area (Å²) >= 11 is 7.03. The van der Waals surface area contributed by atoms with Crippen LogP contribution < -0.4 is 10.1 Å². The average Bonchev–Trinajstić information content (AvgIpc) is 3.63. The van der Waals surface area contributed by atoms with Crippen molar-refractivity contribution in [2.24, 2.45) is 7.05 Å². The van der Waals surface area contributed by atoms with Crippen LogP contribution in [0.15, 0.2) is 48.5 Å². The number of hydrogen-bond donors (Lipinski definition) is 3. The van der Waals surface area contributed by atoms with Crippen LogP contribution in [-0.2, 0) is 24.8 Å². The summed E-state index contributed by atoms with van der Waals surface area (Å²) in [6, 6.07) is 14.8. The molecule has 4 heterocycles. The van der Waals surface area contributed by atoms with Gasteiger partial charge in [-0.15, -0.1) is 0 Å². The molecule has 5 aromatic rings. The van der Waals surface area contributed by atoms with Crippen molar-refractivity contribution in [1.82, 2.24) is 29.5 Å². The molecular weight excluding hydrogens is 768 g/mol. The van der Waals surface area contributed by atoms with Crippen molar-refractivity contribution in [3.63, 3.8) is 0 Å². The molecule has 11 nitrogen and oxygen atoms in total. The van der Waals surface area contributed by atoms with Gasteiger partial charge >= 0.3 is 18.1 Å². The van der Waals surface area contributed by atoms with Gasteiger partial charge in [-0.25, -0.2) is 14.0 Å². The van der Waals surface area contributed by atoms with E-state index in [1.165, 1.54) is 25.0 Å². The van der Waals surface area contributed by atoms with Crippen LogP contribution in [-0.4, -0.2) is 111 Å². The number of hydrogen-bond acceptors (Lipinski definition) is 7. The standard InChI is InChI=1S/C39H46ClFN6O3.C2HF3O2/c1-25-35(26(2)44(3)43-25)36-33(40)12-11-32-31(7-5-23-50-34-8-4-6-27-24-28(41)9-10-30(27)34)38(39(48)49)47(37(32)36)22-19-45-17-20-46(21-18-45)29-13-15-42-16-14-29;3-2(4,5)1(6)7/h4,6,8-12,24,29,42H,5,7,13-23H2,1-3H3,(H,48,49);(H,6,7). The van der Waals surface area contributed by atoms with Gasteiger partial charge in [0.25, 0.3) is 0 Å². The zero-order chi connectivity index (χ0) is 41.0. The average molecular weight is 815 g/mol. The minimum Gasteiger partial charge on any atom is -0.493 e. The van der Waals surface area contributed by atoms with Crippen molar-refractivity contribution in [3.8, 4) is 16.9 Å². The van der Waals surface area contributed by atoms with Gasteiger partial charge in [-0.2, -0.15) is 18.3 Å². The van der Waals surface area contributed by atoms with Crippen LogP contribution in [0.3, 0.4) is 0 Å². The van der Waals surface area contributed by atoms with Crippen molar-refractivity contribution in [2.75, 3.05) is 52.4 Å². The zero-order valence-corrected chi connectivity index (χ0v) is 32.9. The Kier molecular flexibility index (Phi) is 13.1. The molecule has 57 heavy (non-hydrogen) atoms. The number of aromatic carboxylic acids is 1. The van der Waals surface area contributed by atoms with Gasteiger partial charge in [0.05, 0.1) is 22.8 Å². The number of benzene rings is 3. The summed E-state index contributed by atoms with van der Waals surface area (Å²) in [4.78, 5) is 27.2. The van der Waals surface area contributed by atoms with Gasteiger partial charge in [0.1, 0.15) is 17.3 Å². The third-order valence-corrected chi connectivity index (χ3v) is 11.3. The molecule has 7 rings (SSSR count). The second-order valence-electron chi connectivity index (χ2n) is 14.5. The molecule has 0 unspecified atom stereocenters. The lowest BCUT2D eigenvalue weighted by Crippen LogP contribution is -2.53. The summed E-state index contributed by atoms with van der Waals surface area (Å²) in [7, 11) is 1.92. The number of carboxylic acids is 2. The van der Waals surface area contributed by atoms with E-state index < -0.39 is 18.1 Å². The fourth-order valence-electron chi connectivity index (χ4n) is 8.13. The molecule has 2 aliphatic heterocycles. The molecule has 2 fully saturated rings. The zero-order valence-electron chi connectivity index (χ0n) is 32.1. The van der Waals surface area contributed by atoms with E-state index in [1.54, 1.807) is 6.07 Å². The minimum atomic E-state index is -5.08. The Labute approximate surface area is 332 Å². The van der Waals surface area contributed by atoms with E-state index >= 15 is 0 Å². The van der Waals surface area contributed by atoms with Gasteiger partial charge < -0.3 is 24.8 Å². The number of rotatable bonds is 11. The van der Waals surface area contributed by atoms with Crippen molar-refractivity contribution in [1.29, 1.82) is 0 Å². The van der Waals surface area contributed by atoms with Crippen LogP contribution >= 0.6 is 11.6 Å². The maximum absolute atomic E-state index is 13.8. The highest BCUT2D eigenvalue weighted by Gasteiger charge is 2.38. The number of ether oxygens (including phenoxy) is 1. The van der Waals surface area contributed by atoms with Crippen LogP contribution in [0.2, 0.25) is 5.02 Å². The van der Waals surface area contributed by atoms with E-state index in [-0.39, 0.29) is 5.82 Å². The topological polar surface area (TPSA) is 125 Å². The normalized spacial score (nSPS) is 15.9. The van der Waals surface area contributed by atoms with Gasteiger partial charge in [0.15, 0.2) is 0 Å². The lowest BCUT2D eigenvalue weighted by atomic mass is 9.98. The lowest BCUT2D eigenvalue weighted by Gasteiger charge is -2.41. The molecule has 0 saturated carbocycles. The Hall–Kier alpha value is -4.70. The molecule has 2 aliphatic rings. The van der Waals surface area contributed by atoms with Gasteiger partial charge in [0, 0.05) is 80.0 Å². The monoisotopic (exact) mass is 814 g/mol. The number of carbonyl (C=O) groups is 2. The summed E-state index contributed by atoms with van der Waals surface area (Å²) in [5, 5.41) is 29.2. The highest BCUT2D eigenvalue weighted by Crippen LogP contribution is 2.42. The van der Waals surface area contributed by atoms with E-state index in [0.717, 1.165) is 95.6 Å². The predicted molar refractivity (Wildman–Crippen MR) is 211 cm³/mol.